The number of hydrogen-bond acceptors (Lipinski definition) is 4. The summed E-state index contributed by atoms with van der Waals surface area (Å²) in [5.74, 6) is 0.279. The van der Waals surface area contributed by atoms with E-state index >= 15 is 0 Å². The van der Waals surface area contributed by atoms with Crippen LogP contribution in [0.15, 0.2) is 12.1 Å². The number of nitrogens with two attached hydrogens (primary N) is 1. The van der Waals surface area contributed by atoms with E-state index in [0.717, 1.165) is 35.5 Å². The Bertz CT molecular complexity index is 427. The monoisotopic (exact) mass is 219 g/mol. The Kier molecular flexibility index (Phi) is 3.12. The van der Waals surface area contributed by atoms with Crippen molar-refractivity contribution in [3.8, 4) is 5.75 Å². The third-order valence-electron chi connectivity index (χ3n) is 2.77. The maximum Gasteiger partial charge on any atom is 0.143 e. The third-order valence-corrected chi connectivity index (χ3v) is 2.77. The highest BCUT2D eigenvalue weighted by Crippen LogP contribution is 2.36. The van der Waals surface area contributed by atoms with Crippen molar-refractivity contribution in [1.29, 1.82) is 0 Å². The molecule has 0 aromatic heterocycles. The first-order chi connectivity index (χ1) is 7.77. The molecule has 0 radical (unpaired) electrons. The SMILES string of the molecule is CNCc1cc(CN)c(O)c2c1C=CCN2. The molecule has 2 rings (SSSR count). The van der Waals surface area contributed by atoms with Crippen LogP contribution in [0.3, 0.4) is 0 Å². The Balaban J connectivity index is 2.58. The van der Waals surface area contributed by atoms with Gasteiger partial charge < -0.3 is 21.5 Å². The molecule has 4 nitrogen and oxygen atoms in total. The summed E-state index contributed by atoms with van der Waals surface area (Å²) in [7, 11) is 1.90. The molecule has 4 heteroatoms. The Morgan fingerprint density at radius 1 is 1.50 bits per heavy atom. The lowest BCUT2D eigenvalue weighted by molar-refractivity contribution is 0.470. The summed E-state index contributed by atoms with van der Waals surface area (Å²) in [6.07, 6.45) is 4.08. The zero-order valence-corrected chi connectivity index (χ0v) is 9.38. The average molecular weight is 219 g/mol. The number of hydrogen-bond donors (Lipinski definition) is 4. The predicted octanol–water partition coefficient (Wildman–Crippen LogP) is 1.01. The Labute approximate surface area is 95.2 Å². The van der Waals surface area contributed by atoms with Crippen molar-refractivity contribution < 1.29 is 5.11 Å². The van der Waals surface area contributed by atoms with Crippen LogP contribution < -0.4 is 16.4 Å². The van der Waals surface area contributed by atoms with Crippen molar-refractivity contribution in [2.24, 2.45) is 5.73 Å². The van der Waals surface area contributed by atoms with E-state index in [9.17, 15) is 5.11 Å². The molecule has 0 spiro atoms. The van der Waals surface area contributed by atoms with E-state index in [1.807, 2.05) is 25.3 Å². The lowest BCUT2D eigenvalue weighted by Crippen LogP contribution is -2.13. The second kappa shape index (κ2) is 4.55. The molecule has 0 fully saturated rings. The molecule has 1 aliphatic rings. The van der Waals surface area contributed by atoms with E-state index in [-0.39, 0.29) is 5.75 Å². The van der Waals surface area contributed by atoms with Gasteiger partial charge >= 0.3 is 0 Å². The summed E-state index contributed by atoms with van der Waals surface area (Å²) < 4.78 is 0. The number of phenolic OH excluding ortho intramolecular Hbond substituents is 1. The van der Waals surface area contributed by atoms with Gasteiger partial charge in [-0.15, -0.1) is 0 Å². The quantitative estimate of drug-likeness (QED) is 0.573. The molecule has 1 aromatic carbocycles. The van der Waals surface area contributed by atoms with E-state index < -0.39 is 0 Å². The van der Waals surface area contributed by atoms with Crippen LogP contribution in [0.25, 0.3) is 6.08 Å². The van der Waals surface area contributed by atoms with Gasteiger partial charge in [0.1, 0.15) is 5.75 Å². The fourth-order valence-electron chi connectivity index (χ4n) is 2.00. The number of benzene rings is 1. The van der Waals surface area contributed by atoms with Crippen LogP contribution in [0.5, 0.6) is 5.75 Å². The minimum Gasteiger partial charge on any atom is -0.505 e. The van der Waals surface area contributed by atoms with Gasteiger partial charge in [0.2, 0.25) is 0 Å². The number of rotatable bonds is 3. The summed E-state index contributed by atoms with van der Waals surface area (Å²) in [4.78, 5) is 0. The minimum absolute atomic E-state index is 0.279. The summed E-state index contributed by atoms with van der Waals surface area (Å²) >= 11 is 0. The molecule has 1 aromatic rings. The Hall–Kier alpha value is -1.52. The normalized spacial score (nSPS) is 13.4. The van der Waals surface area contributed by atoms with Crippen molar-refractivity contribution in [3.63, 3.8) is 0 Å². The second-order valence-corrected chi connectivity index (χ2v) is 3.85. The van der Waals surface area contributed by atoms with Gasteiger partial charge in [-0.25, -0.2) is 0 Å². The molecule has 86 valence electrons. The summed E-state index contributed by atoms with van der Waals surface area (Å²) in [6, 6.07) is 1.96. The van der Waals surface area contributed by atoms with E-state index in [1.54, 1.807) is 0 Å². The Morgan fingerprint density at radius 3 is 3.00 bits per heavy atom. The highest BCUT2D eigenvalue weighted by Gasteiger charge is 2.16. The molecule has 1 aliphatic heterocycles. The van der Waals surface area contributed by atoms with Gasteiger partial charge in [0.25, 0.3) is 0 Å². The number of aromatic hydroxyl groups is 1. The molecule has 0 amide bonds. The minimum atomic E-state index is 0.279. The molecule has 0 atom stereocenters. The van der Waals surface area contributed by atoms with E-state index in [4.69, 9.17) is 5.73 Å². The standard InChI is InChI=1S/C12H17N3O/c1-14-7-9-5-8(6-13)12(16)11-10(9)3-2-4-15-11/h2-3,5,14-16H,4,6-7,13H2,1H3. The van der Waals surface area contributed by atoms with Crippen LogP contribution in [0, 0.1) is 0 Å². The van der Waals surface area contributed by atoms with Gasteiger partial charge in [-0.3, -0.25) is 0 Å². The third kappa shape index (κ3) is 1.77. The maximum atomic E-state index is 10.0. The molecule has 5 N–H and O–H groups in total. The molecule has 1 heterocycles. The zero-order valence-electron chi connectivity index (χ0n) is 9.38. The van der Waals surface area contributed by atoms with Crippen LogP contribution in [0.1, 0.15) is 16.7 Å². The number of nitrogens with one attached hydrogen (secondary N) is 2. The van der Waals surface area contributed by atoms with Gasteiger partial charge in [0.05, 0.1) is 5.69 Å². The first kappa shape index (κ1) is 11.0. The second-order valence-electron chi connectivity index (χ2n) is 3.85. The first-order valence-corrected chi connectivity index (χ1v) is 5.40. The van der Waals surface area contributed by atoms with Crippen molar-refractivity contribution in [2.45, 2.75) is 13.1 Å². The van der Waals surface area contributed by atoms with Crippen molar-refractivity contribution in [3.05, 3.63) is 28.8 Å². The van der Waals surface area contributed by atoms with Crippen LogP contribution in [0.4, 0.5) is 5.69 Å². The smallest absolute Gasteiger partial charge is 0.143 e. The topological polar surface area (TPSA) is 70.3 Å². The number of phenols is 1. The molecule has 0 saturated heterocycles. The number of fused-ring (bicyclic) bond motifs is 1. The first-order valence-electron chi connectivity index (χ1n) is 5.40. The van der Waals surface area contributed by atoms with Crippen LogP contribution in [-0.4, -0.2) is 18.7 Å². The van der Waals surface area contributed by atoms with Crippen LogP contribution >= 0.6 is 0 Å². The van der Waals surface area contributed by atoms with Gasteiger partial charge in [-0.1, -0.05) is 12.2 Å². The molecule has 0 saturated carbocycles. The molecule has 0 unspecified atom stereocenters. The van der Waals surface area contributed by atoms with Crippen LogP contribution in [0.2, 0.25) is 0 Å². The molecule has 16 heavy (non-hydrogen) atoms. The largest absolute Gasteiger partial charge is 0.505 e. The zero-order chi connectivity index (χ0) is 11.5. The average Bonchev–Trinajstić information content (AvgIpc) is 2.33. The van der Waals surface area contributed by atoms with Gasteiger partial charge in [-0.05, 0) is 18.7 Å². The summed E-state index contributed by atoms with van der Waals surface area (Å²) in [5, 5.41) is 16.3. The number of anilines is 1. The molecular formula is C12H17N3O. The lowest BCUT2D eigenvalue weighted by Gasteiger charge is -2.20. The van der Waals surface area contributed by atoms with Gasteiger partial charge in [-0.2, -0.15) is 0 Å². The maximum absolute atomic E-state index is 10.0. The predicted molar refractivity (Wildman–Crippen MR) is 66.3 cm³/mol. The fraction of sp³-hybridized carbons (Fsp3) is 0.333. The highest BCUT2D eigenvalue weighted by molar-refractivity contribution is 5.79. The summed E-state index contributed by atoms with van der Waals surface area (Å²) in [5.41, 5.74) is 9.41. The Morgan fingerprint density at radius 2 is 2.31 bits per heavy atom. The molecule has 0 bridgehead atoms. The van der Waals surface area contributed by atoms with Gasteiger partial charge in [0.15, 0.2) is 0 Å². The van der Waals surface area contributed by atoms with E-state index in [0.29, 0.717) is 6.54 Å². The van der Waals surface area contributed by atoms with Crippen molar-refractivity contribution in [2.75, 3.05) is 18.9 Å². The molecular weight excluding hydrogens is 202 g/mol. The van der Waals surface area contributed by atoms with Crippen molar-refractivity contribution >= 4 is 11.8 Å². The summed E-state index contributed by atoms with van der Waals surface area (Å²) in [6.45, 7) is 1.86. The van der Waals surface area contributed by atoms with Crippen LogP contribution in [-0.2, 0) is 13.1 Å². The highest BCUT2D eigenvalue weighted by atomic mass is 16.3. The molecule has 0 aliphatic carbocycles. The fourth-order valence-corrected chi connectivity index (χ4v) is 2.00. The lowest BCUT2D eigenvalue weighted by atomic mass is 9.97. The van der Waals surface area contributed by atoms with Gasteiger partial charge in [0, 0.05) is 30.8 Å². The van der Waals surface area contributed by atoms with E-state index in [2.05, 4.69) is 10.6 Å². The van der Waals surface area contributed by atoms with Crippen molar-refractivity contribution in [1.82, 2.24) is 5.32 Å². The van der Waals surface area contributed by atoms with E-state index in [1.165, 1.54) is 0 Å².